The van der Waals surface area contributed by atoms with Crippen LogP contribution in [0.5, 0.6) is 0 Å². The number of carboxylic acid groups (broad SMARTS) is 1. The molecule has 1 aromatic heterocycles. The maximum absolute atomic E-state index is 12.5. The number of hydrogen-bond donors (Lipinski definition) is 1. The van der Waals surface area contributed by atoms with Gasteiger partial charge in [-0.05, 0) is 25.0 Å². The van der Waals surface area contributed by atoms with Gasteiger partial charge in [-0.3, -0.25) is 4.79 Å². The zero-order valence-electron chi connectivity index (χ0n) is 12.5. The number of carbonyl (C=O) groups excluding carboxylic acids is 1. The SMILES string of the molecule is CN(C(=O)c1ccc(S(C)(=O)=O)o1)C1(C(=O)O)CCCCC1. The maximum atomic E-state index is 12.5. The van der Waals surface area contributed by atoms with E-state index in [1.165, 1.54) is 24.1 Å². The average molecular weight is 329 g/mol. The zero-order chi connectivity index (χ0) is 16.5. The summed E-state index contributed by atoms with van der Waals surface area (Å²) < 4.78 is 27.9. The number of hydrogen-bond acceptors (Lipinski definition) is 5. The van der Waals surface area contributed by atoms with Crippen LogP contribution in [0.1, 0.15) is 42.7 Å². The van der Waals surface area contributed by atoms with E-state index in [0.717, 1.165) is 25.5 Å². The Bertz CT molecular complexity index is 684. The van der Waals surface area contributed by atoms with Crippen molar-refractivity contribution in [3.05, 3.63) is 17.9 Å². The summed E-state index contributed by atoms with van der Waals surface area (Å²) in [6.07, 6.45) is 4.14. The lowest BCUT2D eigenvalue weighted by molar-refractivity contribution is -0.151. The van der Waals surface area contributed by atoms with Crippen molar-refractivity contribution in [1.82, 2.24) is 4.90 Å². The topological polar surface area (TPSA) is 105 Å². The third kappa shape index (κ3) is 2.87. The van der Waals surface area contributed by atoms with E-state index in [0.29, 0.717) is 12.8 Å². The van der Waals surface area contributed by atoms with E-state index in [9.17, 15) is 23.1 Å². The molecule has 0 spiro atoms. The summed E-state index contributed by atoms with van der Waals surface area (Å²) in [5.41, 5.74) is -1.26. The third-order valence-electron chi connectivity index (χ3n) is 4.18. The zero-order valence-corrected chi connectivity index (χ0v) is 13.4. The lowest BCUT2D eigenvalue weighted by atomic mass is 9.80. The molecule has 0 aliphatic heterocycles. The summed E-state index contributed by atoms with van der Waals surface area (Å²) in [5.74, 6) is -1.84. The molecule has 0 radical (unpaired) electrons. The minimum Gasteiger partial charge on any atom is -0.479 e. The molecule has 122 valence electrons. The number of furan rings is 1. The summed E-state index contributed by atoms with van der Waals surface area (Å²) in [6.45, 7) is 0. The number of amides is 1. The number of likely N-dealkylation sites (N-methyl/N-ethyl adjacent to an activating group) is 1. The quantitative estimate of drug-likeness (QED) is 0.898. The molecule has 1 N–H and O–H groups in total. The molecule has 0 unspecified atom stereocenters. The molecule has 1 saturated carbocycles. The predicted octanol–water partition coefficient (Wildman–Crippen LogP) is 1.54. The van der Waals surface area contributed by atoms with Crippen molar-refractivity contribution < 1.29 is 27.5 Å². The molecular formula is C14H19NO6S. The van der Waals surface area contributed by atoms with Crippen LogP contribution in [0.15, 0.2) is 21.6 Å². The Morgan fingerprint density at radius 2 is 1.82 bits per heavy atom. The lowest BCUT2D eigenvalue weighted by Crippen LogP contribution is -2.56. The van der Waals surface area contributed by atoms with Crippen molar-refractivity contribution in [2.45, 2.75) is 42.7 Å². The van der Waals surface area contributed by atoms with Gasteiger partial charge in [-0.15, -0.1) is 0 Å². The van der Waals surface area contributed by atoms with Crippen LogP contribution in [-0.4, -0.2) is 49.1 Å². The van der Waals surface area contributed by atoms with Gasteiger partial charge in [0.05, 0.1) is 0 Å². The number of aliphatic carboxylic acids is 1. The van der Waals surface area contributed by atoms with Gasteiger partial charge in [-0.1, -0.05) is 19.3 Å². The molecule has 2 rings (SSSR count). The Morgan fingerprint density at radius 1 is 1.23 bits per heavy atom. The first-order chi connectivity index (χ1) is 10.2. The fourth-order valence-electron chi connectivity index (χ4n) is 2.82. The molecule has 0 bridgehead atoms. The second-order valence-electron chi connectivity index (χ2n) is 5.65. The first kappa shape index (κ1) is 16.5. The molecule has 1 aliphatic carbocycles. The summed E-state index contributed by atoms with van der Waals surface area (Å²) in [6, 6.07) is 2.46. The second-order valence-corrected chi connectivity index (χ2v) is 7.60. The van der Waals surface area contributed by atoms with Crippen molar-refractivity contribution in [2.24, 2.45) is 0 Å². The minimum atomic E-state index is -3.55. The van der Waals surface area contributed by atoms with Gasteiger partial charge in [-0.2, -0.15) is 0 Å². The van der Waals surface area contributed by atoms with Crippen molar-refractivity contribution in [1.29, 1.82) is 0 Å². The van der Waals surface area contributed by atoms with Crippen LogP contribution in [0.25, 0.3) is 0 Å². The van der Waals surface area contributed by atoms with Crippen LogP contribution in [0.4, 0.5) is 0 Å². The Kier molecular flexibility index (Phi) is 4.32. The Balaban J connectivity index is 2.31. The van der Waals surface area contributed by atoms with E-state index in [1.807, 2.05) is 0 Å². The standard InChI is InChI=1S/C14H19NO6S/c1-15(14(13(17)18)8-4-3-5-9-14)12(16)10-6-7-11(21-10)22(2,19)20/h6-7H,3-5,8-9H2,1-2H3,(H,17,18). The molecule has 1 amide bonds. The van der Waals surface area contributed by atoms with Gasteiger partial charge in [0, 0.05) is 13.3 Å². The van der Waals surface area contributed by atoms with Gasteiger partial charge >= 0.3 is 5.97 Å². The Morgan fingerprint density at radius 3 is 2.27 bits per heavy atom. The van der Waals surface area contributed by atoms with Gasteiger partial charge in [0.25, 0.3) is 5.91 Å². The van der Waals surface area contributed by atoms with Crippen LogP contribution in [0.2, 0.25) is 0 Å². The first-order valence-electron chi connectivity index (χ1n) is 7.00. The molecule has 1 fully saturated rings. The van der Waals surface area contributed by atoms with Gasteiger partial charge < -0.3 is 14.4 Å². The lowest BCUT2D eigenvalue weighted by Gasteiger charge is -2.40. The van der Waals surface area contributed by atoms with Crippen LogP contribution >= 0.6 is 0 Å². The summed E-state index contributed by atoms with van der Waals surface area (Å²) in [5, 5.41) is 9.26. The third-order valence-corrected chi connectivity index (χ3v) is 5.13. The van der Waals surface area contributed by atoms with E-state index in [4.69, 9.17) is 4.42 Å². The summed E-state index contributed by atoms with van der Waals surface area (Å²) >= 11 is 0. The largest absolute Gasteiger partial charge is 0.479 e. The van der Waals surface area contributed by atoms with Gasteiger partial charge in [0.2, 0.25) is 14.9 Å². The van der Waals surface area contributed by atoms with Crippen LogP contribution in [-0.2, 0) is 14.6 Å². The highest BCUT2D eigenvalue weighted by Gasteiger charge is 2.46. The van der Waals surface area contributed by atoms with E-state index in [2.05, 4.69) is 0 Å². The average Bonchev–Trinajstić information content (AvgIpc) is 2.96. The molecule has 1 aromatic rings. The smallest absolute Gasteiger partial charge is 0.329 e. The first-order valence-corrected chi connectivity index (χ1v) is 8.89. The molecule has 1 heterocycles. The highest BCUT2D eigenvalue weighted by atomic mass is 32.2. The molecule has 0 aromatic carbocycles. The molecule has 1 aliphatic rings. The van der Waals surface area contributed by atoms with Gasteiger partial charge in [0.15, 0.2) is 5.76 Å². The van der Waals surface area contributed by atoms with Crippen LogP contribution in [0.3, 0.4) is 0 Å². The number of sulfone groups is 1. The molecule has 7 nitrogen and oxygen atoms in total. The number of carbonyl (C=O) groups is 2. The van der Waals surface area contributed by atoms with Crippen molar-refractivity contribution in [3.8, 4) is 0 Å². The van der Waals surface area contributed by atoms with Gasteiger partial charge in [-0.25, -0.2) is 13.2 Å². The van der Waals surface area contributed by atoms with E-state index in [-0.39, 0.29) is 10.9 Å². The molecule has 22 heavy (non-hydrogen) atoms. The molecule has 8 heteroatoms. The normalized spacial score (nSPS) is 17.9. The van der Waals surface area contributed by atoms with Gasteiger partial charge in [0.1, 0.15) is 5.54 Å². The van der Waals surface area contributed by atoms with Crippen molar-refractivity contribution in [3.63, 3.8) is 0 Å². The number of carboxylic acids is 1. The Labute approximate surface area is 128 Å². The minimum absolute atomic E-state index is 0.172. The molecule has 0 atom stereocenters. The number of nitrogens with zero attached hydrogens (tertiary/aromatic N) is 1. The van der Waals surface area contributed by atoms with E-state index in [1.54, 1.807) is 0 Å². The predicted molar refractivity (Wildman–Crippen MR) is 77.4 cm³/mol. The highest BCUT2D eigenvalue weighted by molar-refractivity contribution is 7.90. The van der Waals surface area contributed by atoms with Crippen LogP contribution in [0, 0.1) is 0 Å². The van der Waals surface area contributed by atoms with E-state index >= 15 is 0 Å². The summed E-state index contributed by atoms with van der Waals surface area (Å²) in [7, 11) is -2.13. The number of rotatable bonds is 4. The van der Waals surface area contributed by atoms with E-state index < -0.39 is 27.3 Å². The highest BCUT2D eigenvalue weighted by Crippen LogP contribution is 2.34. The monoisotopic (exact) mass is 329 g/mol. The maximum Gasteiger partial charge on any atom is 0.329 e. The fraction of sp³-hybridized carbons (Fsp3) is 0.571. The summed E-state index contributed by atoms with van der Waals surface area (Å²) in [4.78, 5) is 25.3. The molecule has 0 saturated heterocycles. The van der Waals surface area contributed by atoms with Crippen LogP contribution < -0.4 is 0 Å². The Hall–Kier alpha value is -1.83. The fourth-order valence-corrected chi connectivity index (χ4v) is 3.38. The van der Waals surface area contributed by atoms with Crippen molar-refractivity contribution in [2.75, 3.05) is 13.3 Å². The van der Waals surface area contributed by atoms with Crippen molar-refractivity contribution >= 4 is 21.7 Å². The molecular weight excluding hydrogens is 310 g/mol. The second kappa shape index (κ2) is 5.75.